The highest BCUT2D eigenvalue weighted by Gasteiger charge is 2.28. The summed E-state index contributed by atoms with van der Waals surface area (Å²) >= 11 is 0. The number of fused-ring (bicyclic) bond motifs is 1. The Morgan fingerprint density at radius 1 is 1.08 bits per heavy atom. The maximum atomic E-state index is 13.4. The van der Waals surface area contributed by atoms with Gasteiger partial charge in [-0.25, -0.2) is 12.4 Å². The summed E-state index contributed by atoms with van der Waals surface area (Å²) in [5, 5.41) is 0.713. The molecule has 0 aliphatic carbocycles. The number of para-hydroxylation sites is 1. The average Bonchev–Trinajstić information content (AvgIpc) is 2.94. The van der Waals surface area contributed by atoms with E-state index in [-0.39, 0.29) is 17.3 Å². The second-order valence-electron chi connectivity index (χ2n) is 5.57. The van der Waals surface area contributed by atoms with E-state index in [1.165, 1.54) is 24.3 Å². The Hall–Kier alpha value is -2.67. The molecule has 0 unspecified atom stereocenters. The van der Waals surface area contributed by atoms with Crippen LogP contribution in [0.15, 0.2) is 47.4 Å². The molecule has 3 rings (SSSR count). The predicted octanol–water partition coefficient (Wildman–Crippen LogP) is 3.42. The summed E-state index contributed by atoms with van der Waals surface area (Å²) in [6.45, 7) is 5.59. The average molecular weight is 374 g/mol. The molecule has 0 bridgehead atoms. The molecule has 0 saturated carbocycles. The largest absolute Gasteiger partial charge is 0.497 e. The van der Waals surface area contributed by atoms with Gasteiger partial charge in [0.1, 0.15) is 22.1 Å². The van der Waals surface area contributed by atoms with Gasteiger partial charge in [-0.3, -0.25) is 0 Å². The van der Waals surface area contributed by atoms with Crippen molar-refractivity contribution in [1.82, 2.24) is 3.97 Å². The van der Waals surface area contributed by atoms with Crippen LogP contribution in [-0.2, 0) is 10.0 Å². The van der Waals surface area contributed by atoms with Gasteiger partial charge in [-0.05, 0) is 38.1 Å². The molecule has 0 fully saturated rings. The number of hydrogen-bond acceptors (Lipinski definition) is 5. The molecule has 0 amide bonds. The van der Waals surface area contributed by atoms with Gasteiger partial charge in [0.05, 0.1) is 32.0 Å². The first-order valence-electron chi connectivity index (χ1n) is 7.95. The summed E-state index contributed by atoms with van der Waals surface area (Å²) in [6, 6.07) is 11.8. The Kier molecular flexibility index (Phi) is 4.82. The van der Waals surface area contributed by atoms with Crippen molar-refractivity contribution in [2.75, 3.05) is 20.8 Å². The molecule has 0 N–H and O–H groups in total. The van der Waals surface area contributed by atoms with Crippen LogP contribution in [0.4, 0.5) is 0 Å². The van der Waals surface area contributed by atoms with Crippen molar-refractivity contribution in [2.24, 2.45) is 0 Å². The standard InChI is InChI=1S/C19H20NO5S/c1-5-25-19-13(2)20(16-9-7-6-8-15(16)19)26(21,22)18-11-10-14(23-3)12-17(18)24-4/h6-12H,1,5H2,2-4H3. The quantitative estimate of drug-likeness (QED) is 0.661. The fourth-order valence-electron chi connectivity index (χ4n) is 2.99. The monoisotopic (exact) mass is 374 g/mol. The van der Waals surface area contributed by atoms with Gasteiger partial charge in [0.2, 0.25) is 0 Å². The first-order valence-corrected chi connectivity index (χ1v) is 9.39. The van der Waals surface area contributed by atoms with Crippen molar-refractivity contribution < 1.29 is 22.6 Å². The molecule has 3 aromatic rings. The summed E-state index contributed by atoms with van der Waals surface area (Å²) < 4.78 is 44.2. The fraction of sp³-hybridized carbons (Fsp3) is 0.211. The number of ether oxygens (including phenoxy) is 3. The highest BCUT2D eigenvalue weighted by atomic mass is 32.2. The molecule has 0 aliphatic rings. The highest BCUT2D eigenvalue weighted by Crippen LogP contribution is 2.38. The Morgan fingerprint density at radius 3 is 2.46 bits per heavy atom. The lowest BCUT2D eigenvalue weighted by atomic mass is 10.2. The maximum absolute atomic E-state index is 13.4. The molecule has 26 heavy (non-hydrogen) atoms. The zero-order valence-electron chi connectivity index (χ0n) is 14.9. The molecular formula is C19H20NO5S. The molecule has 1 aromatic heterocycles. The summed E-state index contributed by atoms with van der Waals surface area (Å²) in [4.78, 5) is 0.0471. The van der Waals surface area contributed by atoms with Crippen LogP contribution in [0.1, 0.15) is 5.69 Å². The number of rotatable bonds is 6. The number of benzene rings is 2. The molecule has 137 valence electrons. The van der Waals surface area contributed by atoms with E-state index < -0.39 is 10.0 Å². The summed E-state index contributed by atoms with van der Waals surface area (Å²) in [5.74, 6) is 1.23. The minimum atomic E-state index is -3.93. The first-order chi connectivity index (χ1) is 12.5. The lowest BCUT2D eigenvalue weighted by molar-refractivity contribution is 0.362. The summed E-state index contributed by atoms with van der Waals surface area (Å²) in [5.41, 5.74) is 1.01. The smallest absolute Gasteiger partial charge is 0.272 e. The summed E-state index contributed by atoms with van der Waals surface area (Å²) in [6.07, 6.45) is 0. The second kappa shape index (κ2) is 6.92. The number of methoxy groups -OCH3 is 2. The third kappa shape index (κ3) is 2.78. The minimum absolute atomic E-state index is 0.0471. The van der Waals surface area contributed by atoms with Crippen LogP contribution in [0.25, 0.3) is 10.9 Å². The van der Waals surface area contributed by atoms with Gasteiger partial charge in [0.25, 0.3) is 10.0 Å². The molecule has 1 heterocycles. The van der Waals surface area contributed by atoms with Crippen molar-refractivity contribution in [3.8, 4) is 17.2 Å². The maximum Gasteiger partial charge on any atom is 0.272 e. The van der Waals surface area contributed by atoms with E-state index in [1.54, 1.807) is 31.2 Å². The van der Waals surface area contributed by atoms with Gasteiger partial charge in [-0.1, -0.05) is 12.1 Å². The predicted molar refractivity (Wildman–Crippen MR) is 99.7 cm³/mol. The Balaban J connectivity index is 2.31. The molecule has 7 heteroatoms. The van der Waals surface area contributed by atoms with Crippen LogP contribution in [-0.4, -0.2) is 33.2 Å². The lowest BCUT2D eigenvalue weighted by Gasteiger charge is -2.14. The van der Waals surface area contributed by atoms with E-state index in [0.717, 1.165) is 0 Å². The number of hydrogen-bond donors (Lipinski definition) is 0. The molecule has 2 aromatic carbocycles. The van der Waals surface area contributed by atoms with Crippen LogP contribution in [0.3, 0.4) is 0 Å². The van der Waals surface area contributed by atoms with E-state index >= 15 is 0 Å². The number of nitrogens with zero attached hydrogens (tertiary/aromatic N) is 1. The van der Waals surface area contributed by atoms with Crippen molar-refractivity contribution in [1.29, 1.82) is 0 Å². The van der Waals surface area contributed by atoms with Crippen LogP contribution in [0.5, 0.6) is 17.2 Å². The van der Waals surface area contributed by atoms with Crippen molar-refractivity contribution >= 4 is 20.9 Å². The highest BCUT2D eigenvalue weighted by molar-refractivity contribution is 7.90. The van der Waals surface area contributed by atoms with E-state index in [2.05, 4.69) is 6.92 Å². The molecule has 0 saturated heterocycles. The minimum Gasteiger partial charge on any atom is -0.497 e. The number of aromatic nitrogens is 1. The van der Waals surface area contributed by atoms with Gasteiger partial charge in [-0.15, -0.1) is 0 Å². The van der Waals surface area contributed by atoms with Gasteiger partial charge >= 0.3 is 0 Å². The SMILES string of the molecule is [CH2]COc1c(C)n(S(=O)(=O)c2ccc(OC)cc2OC)c2ccccc12. The van der Waals surface area contributed by atoms with E-state index in [4.69, 9.17) is 14.2 Å². The van der Waals surface area contributed by atoms with Gasteiger partial charge < -0.3 is 14.2 Å². The zero-order chi connectivity index (χ0) is 18.9. The fourth-order valence-corrected chi connectivity index (χ4v) is 4.69. The van der Waals surface area contributed by atoms with Crippen LogP contribution >= 0.6 is 0 Å². The van der Waals surface area contributed by atoms with Gasteiger partial charge in [0, 0.05) is 11.5 Å². The Bertz CT molecular complexity index is 1050. The molecule has 6 nitrogen and oxygen atoms in total. The second-order valence-corrected chi connectivity index (χ2v) is 7.32. The third-order valence-electron chi connectivity index (χ3n) is 4.14. The van der Waals surface area contributed by atoms with Crippen molar-refractivity contribution in [3.05, 3.63) is 55.1 Å². The Morgan fingerprint density at radius 2 is 1.81 bits per heavy atom. The van der Waals surface area contributed by atoms with E-state index in [0.29, 0.717) is 28.1 Å². The molecule has 0 aliphatic heterocycles. The van der Waals surface area contributed by atoms with E-state index in [9.17, 15) is 8.42 Å². The topological polar surface area (TPSA) is 66.8 Å². The van der Waals surface area contributed by atoms with Gasteiger partial charge in [0.15, 0.2) is 0 Å². The molecular weight excluding hydrogens is 354 g/mol. The van der Waals surface area contributed by atoms with Crippen LogP contribution < -0.4 is 14.2 Å². The normalized spacial score (nSPS) is 11.5. The van der Waals surface area contributed by atoms with Gasteiger partial charge in [-0.2, -0.15) is 0 Å². The first kappa shape index (κ1) is 18.1. The zero-order valence-corrected chi connectivity index (χ0v) is 15.7. The summed E-state index contributed by atoms with van der Waals surface area (Å²) in [7, 11) is -0.995. The molecule has 0 spiro atoms. The van der Waals surface area contributed by atoms with E-state index in [1.807, 2.05) is 12.1 Å². The van der Waals surface area contributed by atoms with Crippen molar-refractivity contribution in [3.63, 3.8) is 0 Å². The third-order valence-corrected chi connectivity index (χ3v) is 5.98. The molecule has 0 atom stereocenters. The Labute approximate surface area is 153 Å². The van der Waals surface area contributed by atoms with Crippen molar-refractivity contribution in [2.45, 2.75) is 11.8 Å². The lowest BCUT2D eigenvalue weighted by Crippen LogP contribution is -2.15. The van der Waals surface area contributed by atoms with Crippen LogP contribution in [0, 0.1) is 13.8 Å². The van der Waals surface area contributed by atoms with Crippen LogP contribution in [0.2, 0.25) is 0 Å². The molecule has 1 radical (unpaired) electrons.